The number of carbonyl (C=O) groups excluding carboxylic acids is 1. The molecule has 0 aliphatic carbocycles. The zero-order valence-corrected chi connectivity index (χ0v) is 20.8. The number of aromatic nitrogens is 4. The molecule has 1 saturated heterocycles. The van der Waals surface area contributed by atoms with Crippen molar-refractivity contribution >= 4 is 39.9 Å². The first kappa shape index (κ1) is 22.5. The molecule has 180 valence electrons. The maximum Gasteiger partial charge on any atom is 0.236 e. The molecule has 3 aromatic carbocycles. The van der Waals surface area contributed by atoms with E-state index in [9.17, 15) is 4.79 Å². The van der Waals surface area contributed by atoms with E-state index < -0.39 is 0 Å². The SMILES string of the molecule is CC(Sc1nnc2c3ccccc3nc(-c3ccccc3)n12)C(=O)N1CCN(c2ccccc2)CC1. The lowest BCUT2D eigenvalue weighted by molar-refractivity contribution is -0.130. The summed E-state index contributed by atoms with van der Waals surface area (Å²) in [7, 11) is 0. The first-order valence-corrected chi connectivity index (χ1v) is 13.0. The number of piperazine rings is 1. The molecule has 0 bridgehead atoms. The monoisotopic (exact) mass is 494 g/mol. The van der Waals surface area contributed by atoms with Gasteiger partial charge in [0.05, 0.1) is 10.8 Å². The Morgan fingerprint density at radius 3 is 2.25 bits per heavy atom. The highest BCUT2D eigenvalue weighted by atomic mass is 32.2. The number of anilines is 1. The normalized spacial score (nSPS) is 14.9. The van der Waals surface area contributed by atoms with Crippen molar-refractivity contribution in [3.05, 3.63) is 84.9 Å². The van der Waals surface area contributed by atoms with Crippen LogP contribution in [0.4, 0.5) is 5.69 Å². The van der Waals surface area contributed by atoms with E-state index in [1.54, 1.807) is 0 Å². The Morgan fingerprint density at radius 2 is 1.50 bits per heavy atom. The van der Waals surface area contributed by atoms with Gasteiger partial charge in [-0.25, -0.2) is 4.98 Å². The number of nitrogens with zero attached hydrogens (tertiary/aromatic N) is 6. The molecular weight excluding hydrogens is 468 g/mol. The smallest absolute Gasteiger partial charge is 0.236 e. The van der Waals surface area contributed by atoms with Gasteiger partial charge < -0.3 is 9.80 Å². The molecule has 7 nitrogen and oxygen atoms in total. The second kappa shape index (κ2) is 9.62. The largest absolute Gasteiger partial charge is 0.368 e. The van der Waals surface area contributed by atoms with Gasteiger partial charge in [0.2, 0.25) is 5.91 Å². The van der Waals surface area contributed by atoms with E-state index >= 15 is 0 Å². The van der Waals surface area contributed by atoms with Crippen LogP contribution in [0.25, 0.3) is 27.9 Å². The molecule has 0 radical (unpaired) electrons. The minimum Gasteiger partial charge on any atom is -0.368 e. The van der Waals surface area contributed by atoms with Gasteiger partial charge in [-0.1, -0.05) is 72.4 Å². The molecular formula is C28H26N6OS. The molecule has 2 aromatic heterocycles. The van der Waals surface area contributed by atoms with Crippen molar-refractivity contribution in [3.63, 3.8) is 0 Å². The van der Waals surface area contributed by atoms with Crippen molar-refractivity contribution in [3.8, 4) is 11.4 Å². The summed E-state index contributed by atoms with van der Waals surface area (Å²) >= 11 is 1.44. The highest BCUT2D eigenvalue weighted by Crippen LogP contribution is 2.31. The molecule has 36 heavy (non-hydrogen) atoms. The summed E-state index contributed by atoms with van der Waals surface area (Å²) < 4.78 is 1.99. The predicted octanol–water partition coefficient (Wildman–Crippen LogP) is 4.77. The molecule has 8 heteroatoms. The zero-order chi connectivity index (χ0) is 24.5. The molecule has 6 rings (SSSR count). The molecule has 1 aliphatic heterocycles. The minimum absolute atomic E-state index is 0.125. The van der Waals surface area contributed by atoms with Crippen LogP contribution in [0.2, 0.25) is 0 Å². The van der Waals surface area contributed by atoms with Gasteiger partial charge in [0.1, 0.15) is 5.82 Å². The fraction of sp³-hybridized carbons (Fsp3) is 0.214. The molecule has 1 unspecified atom stereocenters. The molecule has 0 saturated carbocycles. The van der Waals surface area contributed by atoms with Crippen LogP contribution in [0.3, 0.4) is 0 Å². The van der Waals surface area contributed by atoms with E-state index in [4.69, 9.17) is 4.98 Å². The van der Waals surface area contributed by atoms with Crippen LogP contribution in [0, 0.1) is 0 Å². The summed E-state index contributed by atoms with van der Waals surface area (Å²) in [5.74, 6) is 0.896. The topological polar surface area (TPSA) is 66.6 Å². The molecule has 1 atom stereocenters. The van der Waals surface area contributed by atoms with Gasteiger partial charge in [0.25, 0.3) is 0 Å². The van der Waals surface area contributed by atoms with Crippen molar-refractivity contribution in [2.24, 2.45) is 0 Å². The Hall–Kier alpha value is -3.91. The lowest BCUT2D eigenvalue weighted by Crippen LogP contribution is -2.50. The summed E-state index contributed by atoms with van der Waals surface area (Å²) in [6.07, 6.45) is 0. The van der Waals surface area contributed by atoms with Crippen LogP contribution in [-0.2, 0) is 4.79 Å². The maximum atomic E-state index is 13.4. The Bertz CT molecular complexity index is 1510. The van der Waals surface area contributed by atoms with E-state index in [-0.39, 0.29) is 11.2 Å². The average molecular weight is 495 g/mol. The Labute approximate surface area is 213 Å². The Kier molecular flexibility index (Phi) is 6.03. The van der Waals surface area contributed by atoms with Gasteiger partial charge in [-0.05, 0) is 31.2 Å². The Balaban J connectivity index is 1.27. The fourth-order valence-electron chi connectivity index (χ4n) is 4.71. The number of hydrogen-bond acceptors (Lipinski definition) is 6. The zero-order valence-electron chi connectivity index (χ0n) is 20.0. The standard InChI is InChI=1S/C28H26N6OS/c1-20(27(35)33-18-16-32(17-19-33)22-12-6-3-7-13-22)36-28-31-30-26-23-14-8-9-15-24(23)29-25(34(26)28)21-10-4-2-5-11-21/h2-15,20H,16-19H2,1H3. The minimum atomic E-state index is -0.296. The summed E-state index contributed by atoms with van der Waals surface area (Å²) in [6, 6.07) is 28.4. The van der Waals surface area contributed by atoms with Crippen LogP contribution in [0.15, 0.2) is 90.1 Å². The number of hydrogen-bond donors (Lipinski definition) is 0. The quantitative estimate of drug-likeness (QED) is 0.328. The van der Waals surface area contributed by atoms with Crippen molar-refractivity contribution in [2.75, 3.05) is 31.1 Å². The molecule has 0 spiro atoms. The summed E-state index contributed by atoms with van der Waals surface area (Å²) in [6.45, 7) is 5.03. The van der Waals surface area contributed by atoms with Gasteiger partial charge >= 0.3 is 0 Å². The third kappa shape index (κ3) is 4.18. The number of amides is 1. The van der Waals surface area contributed by atoms with Gasteiger partial charge in [0, 0.05) is 42.8 Å². The summed E-state index contributed by atoms with van der Waals surface area (Å²) in [5, 5.41) is 10.3. The van der Waals surface area contributed by atoms with Gasteiger partial charge in [0.15, 0.2) is 10.8 Å². The maximum absolute atomic E-state index is 13.4. The van der Waals surface area contributed by atoms with Gasteiger partial charge in [-0.15, -0.1) is 10.2 Å². The van der Waals surface area contributed by atoms with Crippen LogP contribution < -0.4 is 4.90 Å². The molecule has 5 aromatic rings. The van der Waals surface area contributed by atoms with Gasteiger partial charge in [-0.3, -0.25) is 9.20 Å². The van der Waals surface area contributed by atoms with E-state index in [0.717, 1.165) is 41.0 Å². The van der Waals surface area contributed by atoms with E-state index in [1.807, 2.05) is 76.9 Å². The number of fused-ring (bicyclic) bond motifs is 3. The van der Waals surface area contributed by atoms with Crippen molar-refractivity contribution < 1.29 is 4.79 Å². The van der Waals surface area contributed by atoms with Crippen molar-refractivity contribution in [1.29, 1.82) is 0 Å². The first-order chi connectivity index (χ1) is 17.7. The molecule has 0 N–H and O–H groups in total. The van der Waals surface area contributed by atoms with E-state index in [2.05, 4.69) is 39.4 Å². The van der Waals surface area contributed by atoms with E-state index in [0.29, 0.717) is 18.2 Å². The molecule has 3 heterocycles. The summed E-state index contributed by atoms with van der Waals surface area (Å²) in [5.41, 5.74) is 3.80. The molecule has 1 aliphatic rings. The molecule has 1 fully saturated rings. The third-order valence-corrected chi connectivity index (χ3v) is 7.62. The number of para-hydroxylation sites is 2. The number of thioether (sulfide) groups is 1. The van der Waals surface area contributed by atoms with Crippen LogP contribution >= 0.6 is 11.8 Å². The van der Waals surface area contributed by atoms with Crippen LogP contribution in [-0.4, -0.2) is 61.8 Å². The highest BCUT2D eigenvalue weighted by molar-refractivity contribution is 8.00. The fourth-order valence-corrected chi connectivity index (χ4v) is 5.64. The van der Waals surface area contributed by atoms with E-state index in [1.165, 1.54) is 17.4 Å². The second-order valence-corrected chi connectivity index (χ2v) is 10.2. The number of carbonyl (C=O) groups is 1. The third-order valence-electron chi connectivity index (χ3n) is 6.59. The van der Waals surface area contributed by atoms with Crippen LogP contribution in [0.1, 0.15) is 6.92 Å². The lowest BCUT2D eigenvalue weighted by Gasteiger charge is -2.37. The highest BCUT2D eigenvalue weighted by Gasteiger charge is 2.27. The number of rotatable bonds is 5. The van der Waals surface area contributed by atoms with Crippen LogP contribution in [0.5, 0.6) is 0 Å². The second-order valence-electron chi connectivity index (χ2n) is 8.87. The van der Waals surface area contributed by atoms with Crippen molar-refractivity contribution in [2.45, 2.75) is 17.3 Å². The first-order valence-electron chi connectivity index (χ1n) is 12.1. The number of benzene rings is 3. The average Bonchev–Trinajstić information content (AvgIpc) is 3.37. The van der Waals surface area contributed by atoms with Gasteiger partial charge in [-0.2, -0.15) is 0 Å². The molecule has 1 amide bonds. The van der Waals surface area contributed by atoms with Crippen molar-refractivity contribution in [1.82, 2.24) is 24.5 Å². The summed E-state index contributed by atoms with van der Waals surface area (Å²) in [4.78, 5) is 22.6. The predicted molar refractivity (Wildman–Crippen MR) is 144 cm³/mol. The Morgan fingerprint density at radius 1 is 0.833 bits per heavy atom. The lowest BCUT2D eigenvalue weighted by atomic mass is 10.2.